The third kappa shape index (κ3) is 11.9. The Morgan fingerprint density at radius 2 is 1.56 bits per heavy atom. The highest BCUT2D eigenvalue weighted by molar-refractivity contribution is 5.93. The molecule has 2 rings (SSSR count). The van der Waals surface area contributed by atoms with Gasteiger partial charge in [0.25, 0.3) is 0 Å². The average Bonchev–Trinajstić information content (AvgIpc) is 2.92. The maximum atomic E-state index is 13.7. The van der Waals surface area contributed by atoms with Crippen LogP contribution >= 0.6 is 0 Å². The number of nitrogens with zero attached hydrogens (tertiary/aromatic N) is 1. The average molecular weight is 573 g/mol. The number of carbonyl (C=O) groups excluding carboxylic acids is 4. The van der Waals surface area contributed by atoms with Gasteiger partial charge < -0.3 is 44.0 Å². The Hall–Kier alpha value is -4.72. The summed E-state index contributed by atoms with van der Waals surface area (Å²) in [6.45, 7) is 0.169. The van der Waals surface area contributed by atoms with E-state index in [1.807, 2.05) is 6.07 Å². The minimum Gasteiger partial charge on any atom is -0.505 e. The van der Waals surface area contributed by atoms with E-state index in [4.69, 9.17) is 22.9 Å². The van der Waals surface area contributed by atoms with Crippen LogP contribution in [0.1, 0.15) is 30.4 Å². The van der Waals surface area contributed by atoms with Crippen molar-refractivity contribution in [1.82, 2.24) is 16.0 Å². The number of nitrogens with two attached hydrogens (primary N) is 4. The zero-order valence-corrected chi connectivity index (χ0v) is 22.5. The Labute approximate surface area is 236 Å². The molecule has 0 radical (unpaired) electrons. The van der Waals surface area contributed by atoms with Crippen LogP contribution in [0.2, 0.25) is 0 Å². The van der Waals surface area contributed by atoms with Gasteiger partial charge in [0.15, 0.2) is 17.5 Å². The van der Waals surface area contributed by atoms with Crippen molar-refractivity contribution in [2.75, 3.05) is 13.1 Å². The molecule has 2 aromatic rings. The van der Waals surface area contributed by atoms with Crippen molar-refractivity contribution in [1.29, 1.82) is 0 Å². The zero-order valence-electron chi connectivity index (χ0n) is 22.5. The quantitative estimate of drug-likeness (QED) is 0.0678. The molecule has 0 aromatic heterocycles. The minimum atomic E-state index is -1.15. The van der Waals surface area contributed by atoms with E-state index in [9.17, 15) is 28.7 Å². The topological polar surface area (TPSA) is 241 Å². The van der Waals surface area contributed by atoms with Crippen LogP contribution in [0.3, 0.4) is 0 Å². The lowest BCUT2D eigenvalue weighted by atomic mass is 10.0. The summed E-state index contributed by atoms with van der Waals surface area (Å²) in [6.07, 6.45) is 0.406. The summed E-state index contributed by atoms with van der Waals surface area (Å²) >= 11 is 0. The molecule has 0 saturated carbocycles. The van der Waals surface area contributed by atoms with Crippen molar-refractivity contribution in [3.8, 4) is 5.75 Å². The van der Waals surface area contributed by atoms with Gasteiger partial charge in [0, 0.05) is 25.9 Å². The normalized spacial score (nSPS) is 12.8. The molecule has 222 valence electrons. The summed E-state index contributed by atoms with van der Waals surface area (Å²) in [7, 11) is 0. The second kappa shape index (κ2) is 16.4. The van der Waals surface area contributed by atoms with Crippen LogP contribution in [0, 0.1) is 5.82 Å². The molecule has 0 spiro atoms. The number of phenolic OH excluding ortho intramolecular Hbond substituents is 1. The fraction of sp³-hybridized carbons (Fsp3) is 0.370. The fourth-order valence-electron chi connectivity index (χ4n) is 3.84. The molecule has 0 unspecified atom stereocenters. The van der Waals surface area contributed by atoms with Crippen molar-refractivity contribution < 1.29 is 28.7 Å². The predicted octanol–water partition coefficient (Wildman–Crippen LogP) is -1.34. The van der Waals surface area contributed by atoms with E-state index in [0.717, 1.165) is 17.7 Å². The molecule has 0 heterocycles. The molecule has 41 heavy (non-hydrogen) atoms. The van der Waals surface area contributed by atoms with Crippen molar-refractivity contribution >= 4 is 29.6 Å². The first-order chi connectivity index (χ1) is 19.5. The van der Waals surface area contributed by atoms with E-state index in [0.29, 0.717) is 12.0 Å². The van der Waals surface area contributed by atoms with Gasteiger partial charge in [0.1, 0.15) is 12.1 Å². The molecule has 12 N–H and O–H groups in total. The third-order valence-corrected chi connectivity index (χ3v) is 5.97. The molecular weight excluding hydrogens is 535 g/mol. The van der Waals surface area contributed by atoms with Gasteiger partial charge in [-0.2, -0.15) is 0 Å². The summed E-state index contributed by atoms with van der Waals surface area (Å²) < 4.78 is 13.7. The number of nitrogens with one attached hydrogen (secondary N) is 3. The molecule has 13 nitrogen and oxygen atoms in total. The number of halogens is 1. The van der Waals surface area contributed by atoms with Crippen LogP contribution in [0.25, 0.3) is 0 Å². The summed E-state index contributed by atoms with van der Waals surface area (Å²) in [6, 6.07) is 9.29. The monoisotopic (exact) mass is 572 g/mol. The van der Waals surface area contributed by atoms with Crippen molar-refractivity contribution in [2.24, 2.45) is 27.9 Å². The van der Waals surface area contributed by atoms with Crippen molar-refractivity contribution in [2.45, 2.75) is 50.2 Å². The first-order valence-corrected chi connectivity index (χ1v) is 12.9. The summed E-state index contributed by atoms with van der Waals surface area (Å²) in [5.41, 5.74) is 23.0. The van der Waals surface area contributed by atoms with Gasteiger partial charge in [-0.25, -0.2) is 4.39 Å². The highest BCUT2D eigenvalue weighted by Gasteiger charge is 2.28. The smallest absolute Gasteiger partial charge is 0.243 e. The molecule has 14 heteroatoms. The highest BCUT2D eigenvalue weighted by atomic mass is 19.1. The second-order valence-electron chi connectivity index (χ2n) is 9.36. The largest absolute Gasteiger partial charge is 0.505 e. The number of benzene rings is 2. The maximum absolute atomic E-state index is 13.7. The van der Waals surface area contributed by atoms with E-state index >= 15 is 0 Å². The molecule has 3 atom stereocenters. The summed E-state index contributed by atoms with van der Waals surface area (Å²) in [4.78, 5) is 54.2. The molecule has 0 bridgehead atoms. The summed E-state index contributed by atoms with van der Waals surface area (Å²) in [5.74, 6) is -4.00. The first kappa shape index (κ1) is 32.5. The number of carbonyl (C=O) groups is 4. The Kier molecular flexibility index (Phi) is 13.0. The summed E-state index contributed by atoms with van der Waals surface area (Å²) in [5, 5.41) is 17.2. The van der Waals surface area contributed by atoms with Crippen LogP contribution in [0.5, 0.6) is 5.75 Å². The molecular formula is C27H37FN8O5. The molecule has 0 saturated heterocycles. The number of amides is 4. The van der Waals surface area contributed by atoms with Crippen molar-refractivity contribution in [3.05, 3.63) is 65.5 Å². The van der Waals surface area contributed by atoms with E-state index in [2.05, 4.69) is 20.9 Å². The van der Waals surface area contributed by atoms with Crippen molar-refractivity contribution in [3.63, 3.8) is 0 Å². The number of aromatic hydroxyl groups is 1. The third-order valence-electron chi connectivity index (χ3n) is 5.97. The maximum Gasteiger partial charge on any atom is 0.243 e. The van der Waals surface area contributed by atoms with Gasteiger partial charge in [-0.05, 0) is 42.5 Å². The lowest BCUT2D eigenvalue weighted by Gasteiger charge is -2.24. The highest BCUT2D eigenvalue weighted by Crippen LogP contribution is 2.17. The van der Waals surface area contributed by atoms with Gasteiger partial charge in [0.2, 0.25) is 23.6 Å². The van der Waals surface area contributed by atoms with Gasteiger partial charge in [0.05, 0.1) is 6.04 Å². The SMILES string of the molecule is NC(=O)CCNC(=O)[C@H](Cc1ccccc1)NC(=O)[C@@H](CCCN=C(N)N)NC(=O)[C@@H](N)Cc1ccc(O)c(F)c1. The number of aliphatic imine (C=N–C) groups is 1. The second-order valence-corrected chi connectivity index (χ2v) is 9.36. The Bertz CT molecular complexity index is 1220. The fourth-order valence-corrected chi connectivity index (χ4v) is 3.84. The van der Waals surface area contributed by atoms with Crippen LogP contribution in [-0.4, -0.2) is 65.9 Å². The standard InChI is InChI=1S/C27H37FN8O5/c28-18-13-17(8-9-22(18)37)14-19(29)24(39)35-20(7-4-11-34-27(31)32)26(41)36-21(15-16-5-2-1-3-6-16)25(40)33-12-10-23(30)38/h1-3,5-6,8-9,13,19-21,37H,4,7,10-12,14-15,29H2,(H2,30,38)(H,33,40)(H,35,39)(H,36,41)(H4,31,32,34)/t19-,20+,21-/m0/s1. The molecule has 0 aliphatic carbocycles. The molecule has 0 aliphatic rings. The minimum absolute atomic E-state index is 0.0132. The van der Waals surface area contributed by atoms with Crippen LogP contribution < -0.4 is 38.9 Å². The van der Waals surface area contributed by atoms with Crippen LogP contribution in [0.15, 0.2) is 53.5 Å². The predicted molar refractivity (Wildman–Crippen MR) is 150 cm³/mol. The van der Waals surface area contributed by atoms with Crippen LogP contribution in [-0.2, 0) is 32.0 Å². The van der Waals surface area contributed by atoms with E-state index in [1.54, 1.807) is 24.3 Å². The lowest BCUT2D eigenvalue weighted by molar-refractivity contribution is -0.132. The Balaban J connectivity index is 2.17. The zero-order chi connectivity index (χ0) is 30.4. The van der Waals surface area contributed by atoms with Gasteiger partial charge in [-0.3, -0.25) is 24.2 Å². The number of rotatable bonds is 16. The number of hydrogen-bond donors (Lipinski definition) is 8. The molecule has 2 aromatic carbocycles. The first-order valence-electron chi connectivity index (χ1n) is 12.9. The van der Waals surface area contributed by atoms with Gasteiger partial charge in [-0.15, -0.1) is 0 Å². The number of primary amides is 1. The number of guanidine groups is 1. The van der Waals surface area contributed by atoms with E-state index in [-0.39, 0.29) is 44.7 Å². The van der Waals surface area contributed by atoms with E-state index in [1.165, 1.54) is 6.07 Å². The molecule has 4 amide bonds. The Morgan fingerprint density at radius 1 is 0.878 bits per heavy atom. The van der Waals surface area contributed by atoms with Gasteiger partial charge in [-0.1, -0.05) is 36.4 Å². The van der Waals surface area contributed by atoms with Crippen LogP contribution in [0.4, 0.5) is 4.39 Å². The van der Waals surface area contributed by atoms with E-state index < -0.39 is 53.3 Å². The van der Waals surface area contributed by atoms with Gasteiger partial charge >= 0.3 is 0 Å². The number of phenols is 1. The molecule has 0 aliphatic heterocycles. The Morgan fingerprint density at radius 3 is 2.20 bits per heavy atom. The number of hydrogen-bond acceptors (Lipinski definition) is 7. The molecule has 0 fully saturated rings. The lowest BCUT2D eigenvalue weighted by Crippen LogP contribution is -2.56.